The Morgan fingerprint density at radius 1 is 1.00 bits per heavy atom. The third kappa shape index (κ3) is 2.78. The number of benzene rings is 3. The summed E-state index contributed by atoms with van der Waals surface area (Å²) in [4.78, 5) is 28.4. The maximum Gasteiger partial charge on any atom is 0.295 e. The summed E-state index contributed by atoms with van der Waals surface area (Å²) in [6.07, 6.45) is 0. The molecule has 0 radical (unpaired) electrons. The SMILES string of the molecule is Cc1ccc(N2C(=O)c3oc4ccc(Cl)cc4c(=O)c3C2c2cccc(O)c2)cc1. The lowest BCUT2D eigenvalue weighted by Gasteiger charge is -2.25. The van der Waals surface area contributed by atoms with Crippen LogP contribution in [0.5, 0.6) is 5.75 Å². The van der Waals surface area contributed by atoms with E-state index in [0.29, 0.717) is 27.2 Å². The number of hydrogen-bond donors (Lipinski definition) is 1. The normalized spacial score (nSPS) is 15.6. The summed E-state index contributed by atoms with van der Waals surface area (Å²) in [7, 11) is 0. The van der Waals surface area contributed by atoms with Gasteiger partial charge in [0.1, 0.15) is 11.3 Å². The highest BCUT2D eigenvalue weighted by Crippen LogP contribution is 2.42. The molecule has 5 rings (SSSR count). The molecule has 1 atom stereocenters. The lowest BCUT2D eigenvalue weighted by Crippen LogP contribution is -2.29. The van der Waals surface area contributed by atoms with Crippen molar-refractivity contribution in [3.05, 3.63) is 104 Å². The predicted octanol–water partition coefficient (Wildman–Crippen LogP) is 5.21. The van der Waals surface area contributed by atoms with E-state index in [1.807, 2.05) is 31.2 Å². The summed E-state index contributed by atoms with van der Waals surface area (Å²) in [5.41, 5.74) is 2.51. The number of nitrogens with zero attached hydrogens (tertiary/aromatic N) is 1. The number of hydrogen-bond acceptors (Lipinski definition) is 4. The fraction of sp³-hybridized carbons (Fsp3) is 0.0833. The van der Waals surface area contributed by atoms with Gasteiger partial charge in [-0.2, -0.15) is 0 Å². The minimum atomic E-state index is -0.734. The molecule has 30 heavy (non-hydrogen) atoms. The number of anilines is 1. The van der Waals surface area contributed by atoms with Gasteiger partial charge in [-0.3, -0.25) is 14.5 Å². The minimum Gasteiger partial charge on any atom is -0.508 e. The van der Waals surface area contributed by atoms with Crippen molar-refractivity contribution in [1.82, 2.24) is 0 Å². The van der Waals surface area contributed by atoms with Gasteiger partial charge >= 0.3 is 0 Å². The Kier molecular flexibility index (Phi) is 4.15. The molecule has 2 heterocycles. The van der Waals surface area contributed by atoms with Crippen LogP contribution < -0.4 is 10.3 Å². The maximum atomic E-state index is 13.5. The maximum absolute atomic E-state index is 13.5. The summed E-state index contributed by atoms with van der Waals surface area (Å²) < 4.78 is 5.90. The van der Waals surface area contributed by atoms with Crippen molar-refractivity contribution < 1.29 is 14.3 Å². The molecule has 3 aromatic carbocycles. The summed E-state index contributed by atoms with van der Waals surface area (Å²) in [5, 5.41) is 10.8. The quantitative estimate of drug-likeness (QED) is 0.486. The molecule has 4 aromatic rings. The van der Waals surface area contributed by atoms with Crippen molar-refractivity contribution in [3.8, 4) is 5.75 Å². The van der Waals surface area contributed by atoms with Crippen LogP contribution in [0.25, 0.3) is 11.0 Å². The Balaban J connectivity index is 1.83. The molecule has 1 aliphatic heterocycles. The van der Waals surface area contributed by atoms with Crippen molar-refractivity contribution in [2.45, 2.75) is 13.0 Å². The largest absolute Gasteiger partial charge is 0.508 e. The molecule has 1 N–H and O–H groups in total. The Hall–Kier alpha value is -3.57. The summed E-state index contributed by atoms with van der Waals surface area (Å²) in [5.74, 6) is -0.356. The number of fused-ring (bicyclic) bond motifs is 2. The molecular formula is C24H16ClNO4. The first-order valence-electron chi connectivity index (χ1n) is 9.39. The van der Waals surface area contributed by atoms with Crippen molar-refractivity contribution in [1.29, 1.82) is 0 Å². The van der Waals surface area contributed by atoms with Crippen molar-refractivity contribution in [2.24, 2.45) is 0 Å². The molecule has 5 nitrogen and oxygen atoms in total. The first-order valence-corrected chi connectivity index (χ1v) is 9.77. The molecule has 1 aromatic heterocycles. The molecule has 148 valence electrons. The van der Waals surface area contributed by atoms with Crippen LogP contribution in [0.3, 0.4) is 0 Å². The van der Waals surface area contributed by atoms with Crippen LogP contribution in [-0.4, -0.2) is 11.0 Å². The highest BCUT2D eigenvalue weighted by atomic mass is 35.5. The van der Waals surface area contributed by atoms with Gasteiger partial charge in [-0.05, 0) is 55.0 Å². The van der Waals surface area contributed by atoms with E-state index in [1.165, 1.54) is 4.90 Å². The van der Waals surface area contributed by atoms with Gasteiger partial charge in [0.15, 0.2) is 5.43 Å². The van der Waals surface area contributed by atoms with Crippen LogP contribution in [-0.2, 0) is 0 Å². The molecule has 1 unspecified atom stereocenters. The standard InChI is InChI=1S/C24H16ClNO4/c1-13-5-8-16(9-6-13)26-21(14-3-2-4-17(27)11-14)20-22(28)18-12-15(25)7-10-19(18)30-23(20)24(26)29/h2-12,21,27H,1H3. The molecule has 1 aliphatic rings. The monoisotopic (exact) mass is 417 g/mol. The number of carbonyl (C=O) groups excluding carboxylic acids is 1. The van der Waals surface area contributed by atoms with E-state index < -0.39 is 11.9 Å². The first kappa shape index (κ1) is 18.5. The number of amides is 1. The van der Waals surface area contributed by atoms with Crippen LogP contribution in [0.2, 0.25) is 5.02 Å². The van der Waals surface area contributed by atoms with Crippen LogP contribution in [0.1, 0.15) is 33.3 Å². The van der Waals surface area contributed by atoms with E-state index in [9.17, 15) is 14.7 Å². The van der Waals surface area contributed by atoms with Crippen molar-refractivity contribution in [2.75, 3.05) is 4.90 Å². The number of rotatable bonds is 2. The fourth-order valence-corrected chi connectivity index (χ4v) is 4.10. The molecule has 6 heteroatoms. The lowest BCUT2D eigenvalue weighted by molar-refractivity contribution is 0.0971. The van der Waals surface area contributed by atoms with Crippen molar-refractivity contribution >= 4 is 34.2 Å². The van der Waals surface area contributed by atoms with Crippen LogP contribution >= 0.6 is 11.6 Å². The number of aryl methyl sites for hydroxylation is 1. The molecule has 0 saturated heterocycles. The molecule has 0 saturated carbocycles. The van der Waals surface area contributed by atoms with E-state index in [4.69, 9.17) is 16.0 Å². The molecule has 0 fully saturated rings. The Bertz CT molecular complexity index is 1370. The average molecular weight is 418 g/mol. The van der Waals surface area contributed by atoms with Gasteiger partial charge in [-0.15, -0.1) is 0 Å². The second-order valence-electron chi connectivity index (χ2n) is 7.32. The highest BCUT2D eigenvalue weighted by molar-refractivity contribution is 6.31. The van der Waals surface area contributed by atoms with E-state index in [1.54, 1.807) is 42.5 Å². The zero-order valence-electron chi connectivity index (χ0n) is 15.9. The van der Waals surface area contributed by atoms with Gasteiger partial charge in [0.25, 0.3) is 5.91 Å². The van der Waals surface area contributed by atoms with Gasteiger partial charge in [-0.25, -0.2) is 0 Å². The van der Waals surface area contributed by atoms with Gasteiger partial charge in [0.2, 0.25) is 5.76 Å². The van der Waals surface area contributed by atoms with Gasteiger partial charge in [-0.1, -0.05) is 41.4 Å². The number of phenolic OH excluding ortho intramolecular Hbond substituents is 1. The van der Waals surface area contributed by atoms with E-state index in [0.717, 1.165) is 5.56 Å². The summed E-state index contributed by atoms with van der Waals surface area (Å²) >= 11 is 6.09. The van der Waals surface area contributed by atoms with E-state index in [-0.39, 0.29) is 22.5 Å². The third-order valence-electron chi connectivity index (χ3n) is 5.33. The van der Waals surface area contributed by atoms with Gasteiger partial charge in [0.05, 0.1) is 17.0 Å². The molecule has 0 spiro atoms. The van der Waals surface area contributed by atoms with E-state index >= 15 is 0 Å². The molecule has 1 amide bonds. The predicted molar refractivity (Wildman–Crippen MR) is 115 cm³/mol. The number of phenols is 1. The summed E-state index contributed by atoms with van der Waals surface area (Å²) in [6.45, 7) is 1.96. The topological polar surface area (TPSA) is 70.8 Å². The van der Waals surface area contributed by atoms with E-state index in [2.05, 4.69) is 0 Å². The van der Waals surface area contributed by atoms with Crippen LogP contribution in [0.4, 0.5) is 5.69 Å². The number of carbonyl (C=O) groups is 1. The Morgan fingerprint density at radius 2 is 1.77 bits per heavy atom. The fourth-order valence-electron chi connectivity index (χ4n) is 3.93. The zero-order valence-corrected chi connectivity index (χ0v) is 16.7. The second-order valence-corrected chi connectivity index (χ2v) is 7.76. The zero-order chi connectivity index (χ0) is 21.0. The first-order chi connectivity index (χ1) is 14.4. The summed E-state index contributed by atoms with van der Waals surface area (Å²) in [6, 6.07) is 18.0. The molecule has 0 bridgehead atoms. The lowest BCUT2D eigenvalue weighted by atomic mass is 9.98. The average Bonchev–Trinajstić information content (AvgIpc) is 3.02. The van der Waals surface area contributed by atoms with Gasteiger partial charge in [0, 0.05) is 10.7 Å². The third-order valence-corrected chi connectivity index (χ3v) is 5.57. The Labute approximate surface area is 176 Å². The minimum absolute atomic E-state index is 0.00346. The van der Waals surface area contributed by atoms with Crippen LogP contribution in [0, 0.1) is 6.92 Å². The smallest absolute Gasteiger partial charge is 0.295 e. The van der Waals surface area contributed by atoms with Gasteiger partial charge < -0.3 is 9.52 Å². The van der Waals surface area contributed by atoms with Crippen LogP contribution in [0.15, 0.2) is 75.9 Å². The molecular weight excluding hydrogens is 402 g/mol. The highest BCUT2D eigenvalue weighted by Gasteiger charge is 2.43. The Morgan fingerprint density at radius 3 is 2.50 bits per heavy atom. The molecule has 0 aliphatic carbocycles. The van der Waals surface area contributed by atoms with Crippen molar-refractivity contribution in [3.63, 3.8) is 0 Å². The number of halogens is 1. The second kappa shape index (κ2) is 6.75. The number of aromatic hydroxyl groups is 1.